The summed E-state index contributed by atoms with van der Waals surface area (Å²) in [5.41, 5.74) is 2.53. The van der Waals surface area contributed by atoms with Gasteiger partial charge in [0, 0.05) is 18.0 Å². The van der Waals surface area contributed by atoms with Crippen molar-refractivity contribution in [2.24, 2.45) is 0 Å². The normalized spacial score (nSPS) is 18.0. The number of benzene rings is 1. The van der Waals surface area contributed by atoms with E-state index in [0.29, 0.717) is 4.88 Å². The summed E-state index contributed by atoms with van der Waals surface area (Å²) in [4.78, 5) is 15.5. The first-order valence-electron chi connectivity index (χ1n) is 7.32. The summed E-state index contributed by atoms with van der Waals surface area (Å²) in [6.07, 6.45) is 0.988. The Morgan fingerprint density at radius 2 is 2.18 bits per heavy atom. The van der Waals surface area contributed by atoms with Crippen LogP contribution in [0.15, 0.2) is 36.4 Å². The van der Waals surface area contributed by atoms with Crippen LogP contribution in [0.5, 0.6) is 0 Å². The number of carbonyl (C=O) groups excluding carboxylic acids is 1. The molecule has 2 aromatic rings. The van der Waals surface area contributed by atoms with Gasteiger partial charge < -0.3 is 9.84 Å². The number of hydrogen-bond acceptors (Lipinski definition) is 5. The van der Waals surface area contributed by atoms with Gasteiger partial charge in [0.15, 0.2) is 0 Å². The monoisotopic (exact) mass is 317 g/mol. The minimum Gasteiger partial charge on any atom is -0.465 e. The molecule has 1 aromatic carbocycles. The van der Waals surface area contributed by atoms with Crippen molar-refractivity contribution in [2.75, 3.05) is 20.3 Å². The molecule has 4 nitrogen and oxygen atoms in total. The number of nitrogens with zero attached hydrogens (tertiary/aromatic N) is 1. The number of aliphatic hydroxyl groups excluding tert-OH is 1. The molecule has 0 saturated heterocycles. The van der Waals surface area contributed by atoms with Crippen LogP contribution in [-0.2, 0) is 17.7 Å². The van der Waals surface area contributed by atoms with Crippen molar-refractivity contribution in [1.29, 1.82) is 0 Å². The van der Waals surface area contributed by atoms with Gasteiger partial charge in [-0.05, 0) is 29.7 Å². The van der Waals surface area contributed by atoms with E-state index in [9.17, 15) is 9.90 Å². The number of fused-ring (bicyclic) bond motifs is 1. The second-order valence-electron chi connectivity index (χ2n) is 5.38. The van der Waals surface area contributed by atoms with E-state index in [2.05, 4.69) is 17.0 Å². The molecular weight excluding hydrogens is 298 g/mol. The number of rotatable bonds is 4. The lowest BCUT2D eigenvalue weighted by Crippen LogP contribution is -2.36. The average molecular weight is 317 g/mol. The summed E-state index contributed by atoms with van der Waals surface area (Å²) in [7, 11) is 1.39. The lowest BCUT2D eigenvalue weighted by Gasteiger charge is -2.36. The fraction of sp³-hybridized carbons (Fsp3) is 0.353. The number of methoxy groups -OCH3 is 1. The Hall–Kier alpha value is -1.69. The van der Waals surface area contributed by atoms with Gasteiger partial charge >= 0.3 is 5.97 Å². The lowest BCUT2D eigenvalue weighted by atomic mass is 9.93. The molecule has 0 spiro atoms. The maximum atomic E-state index is 11.5. The summed E-state index contributed by atoms with van der Waals surface area (Å²) in [6.45, 7) is 1.75. The van der Waals surface area contributed by atoms with Crippen LogP contribution in [0.25, 0.3) is 0 Å². The molecule has 1 aliphatic heterocycles. The molecule has 22 heavy (non-hydrogen) atoms. The Labute approximate surface area is 134 Å². The molecule has 0 amide bonds. The number of esters is 1. The molecule has 1 aromatic heterocycles. The third-order valence-corrected chi connectivity index (χ3v) is 5.15. The molecule has 5 heteroatoms. The molecule has 1 N–H and O–H groups in total. The van der Waals surface area contributed by atoms with E-state index >= 15 is 0 Å². The van der Waals surface area contributed by atoms with E-state index in [1.807, 2.05) is 18.2 Å². The first-order valence-corrected chi connectivity index (χ1v) is 8.14. The van der Waals surface area contributed by atoms with Crippen LogP contribution >= 0.6 is 11.3 Å². The number of aliphatic hydroxyl groups is 1. The highest BCUT2D eigenvalue weighted by molar-refractivity contribution is 7.13. The zero-order valence-electron chi connectivity index (χ0n) is 12.5. The van der Waals surface area contributed by atoms with Crippen molar-refractivity contribution >= 4 is 17.3 Å². The highest BCUT2D eigenvalue weighted by Gasteiger charge is 2.26. The molecule has 0 radical (unpaired) electrons. The zero-order valence-corrected chi connectivity index (χ0v) is 13.3. The summed E-state index contributed by atoms with van der Waals surface area (Å²) >= 11 is 1.46. The van der Waals surface area contributed by atoms with Crippen LogP contribution in [0.4, 0.5) is 0 Å². The van der Waals surface area contributed by atoms with E-state index in [1.54, 1.807) is 6.07 Å². The number of hydrogen-bond donors (Lipinski definition) is 1. The van der Waals surface area contributed by atoms with Crippen LogP contribution in [0, 0.1) is 0 Å². The van der Waals surface area contributed by atoms with Crippen molar-refractivity contribution in [1.82, 2.24) is 4.90 Å². The fourth-order valence-electron chi connectivity index (χ4n) is 2.98. The van der Waals surface area contributed by atoms with Crippen LogP contribution in [0.3, 0.4) is 0 Å². The SMILES string of the molecule is COC(=O)c1ccc(CN2CCc3ccccc3C2CO)s1. The Morgan fingerprint density at radius 1 is 1.36 bits per heavy atom. The van der Waals surface area contributed by atoms with Crippen LogP contribution < -0.4 is 0 Å². The summed E-state index contributed by atoms with van der Waals surface area (Å²) < 4.78 is 4.75. The minimum atomic E-state index is -0.293. The predicted octanol–water partition coefficient (Wildman–Crippen LogP) is 2.63. The van der Waals surface area contributed by atoms with Crippen LogP contribution in [0.1, 0.15) is 31.7 Å². The van der Waals surface area contributed by atoms with Gasteiger partial charge in [-0.15, -0.1) is 11.3 Å². The third-order valence-electron chi connectivity index (χ3n) is 4.10. The van der Waals surface area contributed by atoms with E-state index in [4.69, 9.17) is 4.74 Å². The van der Waals surface area contributed by atoms with Gasteiger partial charge in [-0.2, -0.15) is 0 Å². The van der Waals surface area contributed by atoms with Crippen LogP contribution in [-0.4, -0.2) is 36.2 Å². The Bertz CT molecular complexity index is 667. The van der Waals surface area contributed by atoms with Crippen molar-refractivity contribution in [2.45, 2.75) is 19.0 Å². The summed E-state index contributed by atoms with van der Waals surface area (Å²) in [5, 5.41) is 9.81. The van der Waals surface area contributed by atoms with Gasteiger partial charge in [0.05, 0.1) is 19.8 Å². The molecule has 0 saturated carbocycles. The van der Waals surface area contributed by atoms with Gasteiger partial charge in [-0.3, -0.25) is 4.90 Å². The summed E-state index contributed by atoms with van der Waals surface area (Å²) in [6, 6.07) is 12.1. The lowest BCUT2D eigenvalue weighted by molar-refractivity contribution is 0.0606. The quantitative estimate of drug-likeness (QED) is 0.881. The zero-order chi connectivity index (χ0) is 15.5. The molecule has 0 bridgehead atoms. The predicted molar refractivity (Wildman–Crippen MR) is 86.0 cm³/mol. The maximum Gasteiger partial charge on any atom is 0.348 e. The molecule has 0 fully saturated rings. The first kappa shape index (κ1) is 15.2. The fourth-order valence-corrected chi connectivity index (χ4v) is 3.93. The van der Waals surface area contributed by atoms with Crippen molar-refractivity contribution in [3.63, 3.8) is 0 Å². The van der Waals surface area contributed by atoms with Crippen LogP contribution in [0.2, 0.25) is 0 Å². The molecule has 1 aliphatic rings. The molecular formula is C17H19NO3S. The van der Waals surface area contributed by atoms with Gasteiger partial charge in [-0.25, -0.2) is 4.79 Å². The molecule has 1 unspecified atom stereocenters. The Kier molecular flexibility index (Phi) is 4.57. The van der Waals surface area contributed by atoms with Gasteiger partial charge in [0.1, 0.15) is 4.88 Å². The van der Waals surface area contributed by atoms with E-state index < -0.39 is 0 Å². The minimum absolute atomic E-state index is 0.0219. The largest absolute Gasteiger partial charge is 0.465 e. The Balaban J connectivity index is 1.78. The highest BCUT2D eigenvalue weighted by atomic mass is 32.1. The van der Waals surface area contributed by atoms with Crippen molar-refractivity contribution in [3.05, 3.63) is 57.3 Å². The molecule has 1 atom stereocenters. The number of carbonyl (C=O) groups is 1. The summed E-state index contributed by atoms with van der Waals surface area (Å²) in [5.74, 6) is -0.293. The molecule has 116 valence electrons. The number of ether oxygens (including phenoxy) is 1. The first-order chi connectivity index (χ1) is 10.7. The highest BCUT2D eigenvalue weighted by Crippen LogP contribution is 2.31. The average Bonchev–Trinajstić information content (AvgIpc) is 3.02. The van der Waals surface area contributed by atoms with Gasteiger partial charge in [-0.1, -0.05) is 24.3 Å². The van der Waals surface area contributed by atoms with E-state index in [1.165, 1.54) is 29.6 Å². The molecule has 3 rings (SSSR count). The molecule has 2 heterocycles. The maximum absolute atomic E-state index is 11.5. The topological polar surface area (TPSA) is 49.8 Å². The second-order valence-corrected chi connectivity index (χ2v) is 6.54. The Morgan fingerprint density at radius 3 is 2.95 bits per heavy atom. The standard InChI is InChI=1S/C17H19NO3S/c1-21-17(20)16-7-6-13(22-16)10-18-9-8-12-4-2-3-5-14(12)15(18)11-19/h2-7,15,19H,8-11H2,1H3. The second kappa shape index (κ2) is 6.60. The van der Waals surface area contributed by atoms with Gasteiger partial charge in [0.25, 0.3) is 0 Å². The van der Waals surface area contributed by atoms with Crippen molar-refractivity contribution in [3.8, 4) is 0 Å². The van der Waals surface area contributed by atoms with Crippen molar-refractivity contribution < 1.29 is 14.6 Å². The molecule has 0 aliphatic carbocycles. The smallest absolute Gasteiger partial charge is 0.348 e. The number of thiophene rings is 1. The third kappa shape index (κ3) is 2.92. The van der Waals surface area contributed by atoms with E-state index in [-0.39, 0.29) is 18.6 Å². The van der Waals surface area contributed by atoms with E-state index in [0.717, 1.165) is 24.4 Å². The van der Waals surface area contributed by atoms with Gasteiger partial charge in [0.2, 0.25) is 0 Å².